The van der Waals surface area contributed by atoms with E-state index >= 15 is 0 Å². The van der Waals surface area contributed by atoms with Crippen LogP contribution in [-0.2, 0) is 9.47 Å². The molecular weight excluding hydrogens is 264 g/mol. The van der Waals surface area contributed by atoms with Crippen LogP contribution in [0.4, 0.5) is 0 Å². The van der Waals surface area contributed by atoms with Crippen LogP contribution in [-0.4, -0.2) is 28.6 Å². The summed E-state index contributed by atoms with van der Waals surface area (Å²) in [5, 5.41) is 1.38. The van der Waals surface area contributed by atoms with E-state index in [0.717, 1.165) is 44.5 Å². The minimum atomic E-state index is -0.556. The second-order valence-corrected chi connectivity index (χ2v) is 6.92. The van der Waals surface area contributed by atoms with Crippen molar-refractivity contribution in [1.82, 2.24) is 0 Å². The molecule has 20 heavy (non-hydrogen) atoms. The Kier molecular flexibility index (Phi) is 9.29. The fourth-order valence-corrected chi connectivity index (χ4v) is 3.33. The minimum absolute atomic E-state index is 0.0164. The third-order valence-electron chi connectivity index (χ3n) is 3.22. The molecule has 0 aromatic heterocycles. The van der Waals surface area contributed by atoms with Gasteiger partial charge in [-0.2, -0.15) is 0 Å². The van der Waals surface area contributed by atoms with E-state index in [4.69, 9.17) is 9.47 Å². The van der Waals surface area contributed by atoms with Crippen molar-refractivity contribution in [1.29, 1.82) is 0 Å². The van der Waals surface area contributed by atoms with Gasteiger partial charge in [-0.25, -0.2) is 0 Å². The Morgan fingerprint density at radius 2 is 1.60 bits per heavy atom. The van der Waals surface area contributed by atoms with Gasteiger partial charge < -0.3 is 9.47 Å². The molecule has 0 radical (unpaired) electrons. The van der Waals surface area contributed by atoms with Crippen molar-refractivity contribution in [2.75, 3.05) is 13.2 Å². The van der Waals surface area contributed by atoms with Crippen molar-refractivity contribution in [3.8, 4) is 0 Å². The van der Waals surface area contributed by atoms with Gasteiger partial charge in [-0.3, -0.25) is 0 Å². The molecule has 3 heteroatoms. The fourth-order valence-electron chi connectivity index (χ4n) is 1.87. The summed E-state index contributed by atoms with van der Waals surface area (Å²) in [7, 11) is -0.556. The second-order valence-electron chi connectivity index (χ2n) is 5.03. The van der Waals surface area contributed by atoms with Crippen LogP contribution in [0.2, 0.25) is 0 Å². The number of hydrogen-bond acceptors (Lipinski definition) is 2. The van der Waals surface area contributed by atoms with Crippen LogP contribution >= 0.6 is 0 Å². The van der Waals surface area contributed by atoms with Crippen molar-refractivity contribution in [2.24, 2.45) is 0 Å². The molecule has 0 saturated carbocycles. The zero-order valence-corrected chi connectivity index (χ0v) is 14.4. The van der Waals surface area contributed by atoms with Gasteiger partial charge in [-0.05, 0) is 18.4 Å². The lowest BCUT2D eigenvalue weighted by molar-refractivity contribution is -0.0910. The SMILES string of the molecule is C=Cc1ccc([SiH2]C(OCCCC)OCCCC)cc1. The summed E-state index contributed by atoms with van der Waals surface area (Å²) < 4.78 is 11.8. The monoisotopic (exact) mass is 292 g/mol. The lowest BCUT2D eigenvalue weighted by Crippen LogP contribution is -2.33. The zero-order valence-electron chi connectivity index (χ0n) is 12.9. The molecule has 1 aromatic rings. The van der Waals surface area contributed by atoms with Gasteiger partial charge in [0.1, 0.15) is 15.4 Å². The maximum Gasteiger partial charge on any atom is 0.139 e. The van der Waals surface area contributed by atoms with Crippen LogP contribution in [0.25, 0.3) is 6.08 Å². The van der Waals surface area contributed by atoms with Crippen LogP contribution in [0.15, 0.2) is 30.8 Å². The van der Waals surface area contributed by atoms with E-state index in [-0.39, 0.29) is 5.91 Å². The van der Waals surface area contributed by atoms with Gasteiger partial charge in [0.25, 0.3) is 0 Å². The molecule has 0 spiro atoms. The first-order valence-electron chi connectivity index (χ1n) is 7.74. The Hall–Kier alpha value is -0.903. The highest BCUT2D eigenvalue weighted by Crippen LogP contribution is 2.02. The molecule has 0 heterocycles. The van der Waals surface area contributed by atoms with Crippen molar-refractivity contribution in [3.05, 3.63) is 36.4 Å². The fraction of sp³-hybridized carbons (Fsp3) is 0.529. The van der Waals surface area contributed by atoms with Crippen molar-refractivity contribution >= 4 is 20.8 Å². The maximum absolute atomic E-state index is 5.91. The van der Waals surface area contributed by atoms with Gasteiger partial charge in [-0.1, -0.05) is 68.8 Å². The highest BCUT2D eigenvalue weighted by molar-refractivity contribution is 6.54. The number of hydrogen-bond donors (Lipinski definition) is 0. The molecule has 0 atom stereocenters. The van der Waals surface area contributed by atoms with Gasteiger partial charge >= 0.3 is 0 Å². The van der Waals surface area contributed by atoms with E-state index in [0.29, 0.717) is 0 Å². The van der Waals surface area contributed by atoms with Crippen LogP contribution < -0.4 is 5.19 Å². The Balaban J connectivity index is 2.49. The third kappa shape index (κ3) is 7.03. The highest BCUT2D eigenvalue weighted by Gasteiger charge is 2.11. The number of ether oxygens (including phenoxy) is 2. The average Bonchev–Trinajstić information content (AvgIpc) is 2.48. The summed E-state index contributed by atoms with van der Waals surface area (Å²) in [5.74, 6) is 0.0164. The Bertz CT molecular complexity index is 352. The molecule has 0 aliphatic rings. The first-order valence-corrected chi connectivity index (χ1v) is 9.27. The summed E-state index contributed by atoms with van der Waals surface area (Å²) in [6, 6.07) is 8.60. The van der Waals surface area contributed by atoms with Crippen LogP contribution in [0.1, 0.15) is 45.1 Å². The molecule has 0 fully saturated rings. The molecule has 0 aliphatic heterocycles. The Morgan fingerprint density at radius 3 is 2.05 bits per heavy atom. The molecule has 0 amide bonds. The highest BCUT2D eigenvalue weighted by atomic mass is 28.2. The molecule has 0 N–H and O–H groups in total. The summed E-state index contributed by atoms with van der Waals surface area (Å²) in [4.78, 5) is 0. The molecular formula is C17H28O2Si. The van der Waals surface area contributed by atoms with Crippen LogP contribution in [0.5, 0.6) is 0 Å². The summed E-state index contributed by atoms with van der Waals surface area (Å²) in [6.45, 7) is 9.77. The zero-order chi connectivity index (χ0) is 14.6. The van der Waals surface area contributed by atoms with Gasteiger partial charge in [0.2, 0.25) is 0 Å². The van der Waals surface area contributed by atoms with Gasteiger partial charge in [0.15, 0.2) is 0 Å². The average molecular weight is 292 g/mol. The third-order valence-corrected chi connectivity index (χ3v) is 4.97. The van der Waals surface area contributed by atoms with E-state index < -0.39 is 9.52 Å². The molecule has 2 nitrogen and oxygen atoms in total. The largest absolute Gasteiger partial charge is 0.357 e. The summed E-state index contributed by atoms with van der Waals surface area (Å²) in [5.41, 5.74) is 1.16. The van der Waals surface area contributed by atoms with Crippen molar-refractivity contribution in [3.63, 3.8) is 0 Å². The molecule has 1 aromatic carbocycles. The van der Waals surface area contributed by atoms with Crippen molar-refractivity contribution in [2.45, 2.75) is 45.4 Å². The van der Waals surface area contributed by atoms with Crippen molar-refractivity contribution < 1.29 is 9.47 Å². The lowest BCUT2D eigenvalue weighted by Gasteiger charge is -2.18. The maximum atomic E-state index is 5.91. The topological polar surface area (TPSA) is 18.5 Å². The first kappa shape index (κ1) is 17.1. The normalized spacial score (nSPS) is 11.6. The Morgan fingerprint density at radius 1 is 1.05 bits per heavy atom. The Labute approximate surface area is 126 Å². The summed E-state index contributed by atoms with van der Waals surface area (Å²) >= 11 is 0. The van der Waals surface area contributed by atoms with E-state index in [1.807, 2.05) is 6.08 Å². The smallest absolute Gasteiger partial charge is 0.139 e. The number of rotatable bonds is 11. The van der Waals surface area contributed by atoms with E-state index in [2.05, 4.69) is 44.7 Å². The van der Waals surface area contributed by atoms with Gasteiger partial charge in [0, 0.05) is 13.2 Å². The molecule has 112 valence electrons. The summed E-state index contributed by atoms with van der Waals surface area (Å²) in [6.07, 6.45) is 6.42. The second kappa shape index (κ2) is 10.8. The van der Waals surface area contributed by atoms with E-state index in [1.165, 1.54) is 5.19 Å². The van der Waals surface area contributed by atoms with E-state index in [9.17, 15) is 0 Å². The van der Waals surface area contributed by atoms with Crippen LogP contribution in [0.3, 0.4) is 0 Å². The molecule has 0 saturated heterocycles. The predicted molar refractivity (Wildman–Crippen MR) is 90.2 cm³/mol. The van der Waals surface area contributed by atoms with E-state index in [1.54, 1.807) is 0 Å². The molecule has 0 aliphatic carbocycles. The minimum Gasteiger partial charge on any atom is -0.357 e. The molecule has 0 unspecified atom stereocenters. The van der Waals surface area contributed by atoms with Gasteiger partial charge in [-0.15, -0.1) is 0 Å². The molecule has 0 bridgehead atoms. The number of unbranched alkanes of at least 4 members (excludes halogenated alkanes) is 2. The quantitative estimate of drug-likeness (QED) is 0.354. The van der Waals surface area contributed by atoms with Crippen LogP contribution in [0, 0.1) is 0 Å². The standard InChI is InChI=1S/C17H28O2Si/c1-4-7-13-18-17(19-14-8-5-2)20-16-11-9-15(6-3)10-12-16/h6,9-12,17H,3-5,7-8,13-14,20H2,1-2H3. The number of benzene rings is 1. The van der Waals surface area contributed by atoms with Gasteiger partial charge in [0.05, 0.1) is 0 Å². The first-order chi connectivity index (χ1) is 9.80. The lowest BCUT2D eigenvalue weighted by atomic mass is 10.2. The predicted octanol–water partition coefficient (Wildman–Crippen LogP) is 3.04. The molecule has 1 rings (SSSR count).